The maximum absolute atomic E-state index is 6.52. The second kappa shape index (κ2) is 13.6. The van der Waals surface area contributed by atoms with E-state index in [4.69, 9.17) is 19.4 Å². The lowest BCUT2D eigenvalue weighted by Gasteiger charge is -2.13. The predicted octanol–water partition coefficient (Wildman–Crippen LogP) is 14.1. The largest absolute Gasteiger partial charge is 0.456 e. The molecule has 11 rings (SSSR count). The lowest BCUT2D eigenvalue weighted by Crippen LogP contribution is -2.01. The zero-order valence-electron chi connectivity index (χ0n) is 30.8. The van der Waals surface area contributed by atoms with Crippen LogP contribution < -0.4 is 0 Å². The zero-order valence-corrected chi connectivity index (χ0v) is 30.8. The van der Waals surface area contributed by atoms with Gasteiger partial charge < -0.3 is 4.42 Å². The highest BCUT2D eigenvalue weighted by atomic mass is 16.3. The van der Waals surface area contributed by atoms with Crippen LogP contribution in [-0.2, 0) is 0 Å². The van der Waals surface area contributed by atoms with Crippen molar-refractivity contribution in [1.82, 2.24) is 15.0 Å². The molecule has 0 unspecified atom stereocenters. The van der Waals surface area contributed by atoms with Crippen LogP contribution in [0.3, 0.4) is 0 Å². The fourth-order valence-corrected chi connectivity index (χ4v) is 8.23. The van der Waals surface area contributed by atoms with Crippen LogP contribution in [0.4, 0.5) is 0 Å². The SMILES string of the molecule is c1ccc(-c2nc(-c3ccccc3-c3ccccc3)nc(-c3cccc4oc5ccc(-c6cccc(-c7cc8ccccc8c8ccccc78)c6)cc5c34)n2)cc1. The van der Waals surface area contributed by atoms with Gasteiger partial charge in [0.15, 0.2) is 17.5 Å². The van der Waals surface area contributed by atoms with E-state index in [1.54, 1.807) is 0 Å². The molecule has 266 valence electrons. The standard InChI is InChI=1S/C53H33N3O/c1-3-15-34(16-4-1)40-22-9-12-26-44(40)52-54-51(35-17-5-2-6-18-35)55-53(56-52)45-27-14-28-49-50(45)47-32-37(29-30-48(47)57-49)36-20-13-21-38(31-36)46-33-39-19-7-8-23-41(39)42-24-10-11-25-43(42)46/h1-33H. The molecule has 0 radical (unpaired) electrons. The Morgan fingerprint density at radius 3 is 1.68 bits per heavy atom. The van der Waals surface area contributed by atoms with E-state index in [2.05, 4.69) is 146 Å². The summed E-state index contributed by atoms with van der Waals surface area (Å²) in [4.78, 5) is 15.5. The molecular weight excluding hydrogens is 695 g/mol. The van der Waals surface area contributed by atoms with Crippen LogP contribution in [-0.4, -0.2) is 15.0 Å². The number of nitrogens with zero attached hydrogens (tertiary/aromatic N) is 3. The Labute approximate surface area is 329 Å². The molecule has 4 heteroatoms. The second-order valence-corrected chi connectivity index (χ2v) is 14.3. The first kappa shape index (κ1) is 32.7. The predicted molar refractivity (Wildman–Crippen MR) is 235 cm³/mol. The molecule has 11 aromatic rings. The van der Waals surface area contributed by atoms with Gasteiger partial charge >= 0.3 is 0 Å². The maximum Gasteiger partial charge on any atom is 0.164 e. The summed E-state index contributed by atoms with van der Waals surface area (Å²) in [6.07, 6.45) is 0. The van der Waals surface area contributed by atoms with Gasteiger partial charge in [-0.15, -0.1) is 0 Å². The first-order valence-electron chi connectivity index (χ1n) is 19.2. The minimum atomic E-state index is 0.589. The van der Waals surface area contributed by atoms with Crippen LogP contribution in [0.5, 0.6) is 0 Å². The number of rotatable bonds is 6. The van der Waals surface area contributed by atoms with Gasteiger partial charge in [0.25, 0.3) is 0 Å². The van der Waals surface area contributed by atoms with Gasteiger partial charge in [-0.3, -0.25) is 0 Å². The van der Waals surface area contributed by atoms with E-state index in [1.165, 1.54) is 32.7 Å². The molecule has 0 aliphatic rings. The number of hydrogen-bond acceptors (Lipinski definition) is 4. The average Bonchev–Trinajstić information content (AvgIpc) is 3.67. The van der Waals surface area contributed by atoms with E-state index in [0.717, 1.165) is 60.9 Å². The quantitative estimate of drug-likeness (QED) is 0.160. The minimum absolute atomic E-state index is 0.589. The molecule has 0 saturated carbocycles. The zero-order chi connectivity index (χ0) is 37.7. The van der Waals surface area contributed by atoms with Crippen LogP contribution >= 0.6 is 0 Å². The normalized spacial score (nSPS) is 11.5. The number of aromatic nitrogens is 3. The number of benzene rings is 9. The van der Waals surface area contributed by atoms with E-state index in [1.807, 2.05) is 54.6 Å². The number of hydrogen-bond donors (Lipinski definition) is 0. The molecule has 0 fully saturated rings. The van der Waals surface area contributed by atoms with Crippen molar-refractivity contribution in [3.8, 4) is 67.5 Å². The van der Waals surface area contributed by atoms with Crippen molar-refractivity contribution in [3.05, 3.63) is 200 Å². The Balaban J connectivity index is 1.08. The topological polar surface area (TPSA) is 51.8 Å². The molecule has 0 spiro atoms. The van der Waals surface area contributed by atoms with Gasteiger partial charge in [0, 0.05) is 27.5 Å². The van der Waals surface area contributed by atoms with E-state index in [0.29, 0.717) is 17.5 Å². The van der Waals surface area contributed by atoms with Crippen molar-refractivity contribution in [2.24, 2.45) is 0 Å². The van der Waals surface area contributed by atoms with E-state index >= 15 is 0 Å². The summed E-state index contributed by atoms with van der Waals surface area (Å²) in [5, 5.41) is 6.98. The van der Waals surface area contributed by atoms with Crippen molar-refractivity contribution >= 4 is 43.5 Å². The molecule has 2 aromatic heterocycles. The summed E-state index contributed by atoms with van der Waals surface area (Å²) in [5.74, 6) is 1.81. The molecule has 0 aliphatic heterocycles. The second-order valence-electron chi connectivity index (χ2n) is 14.3. The van der Waals surface area contributed by atoms with Crippen molar-refractivity contribution < 1.29 is 4.42 Å². The molecule has 0 bridgehead atoms. The molecule has 0 N–H and O–H groups in total. The van der Waals surface area contributed by atoms with Gasteiger partial charge in [0.1, 0.15) is 11.2 Å². The third kappa shape index (κ3) is 5.74. The summed E-state index contributed by atoms with van der Waals surface area (Å²) < 4.78 is 6.52. The van der Waals surface area contributed by atoms with Crippen LogP contribution in [0.15, 0.2) is 205 Å². The van der Waals surface area contributed by atoms with Crippen molar-refractivity contribution in [2.45, 2.75) is 0 Å². The Hall–Kier alpha value is -7.69. The van der Waals surface area contributed by atoms with E-state index < -0.39 is 0 Å². The lowest BCUT2D eigenvalue weighted by molar-refractivity contribution is 0.669. The van der Waals surface area contributed by atoms with Crippen molar-refractivity contribution in [3.63, 3.8) is 0 Å². The third-order valence-electron chi connectivity index (χ3n) is 10.9. The monoisotopic (exact) mass is 727 g/mol. The van der Waals surface area contributed by atoms with Crippen LogP contribution in [0.25, 0.3) is 111 Å². The van der Waals surface area contributed by atoms with Crippen molar-refractivity contribution in [2.75, 3.05) is 0 Å². The van der Waals surface area contributed by atoms with Gasteiger partial charge in [-0.2, -0.15) is 0 Å². The summed E-state index contributed by atoms with van der Waals surface area (Å²) in [5.41, 5.74) is 11.1. The fraction of sp³-hybridized carbons (Fsp3) is 0. The molecule has 9 aromatic carbocycles. The molecule has 0 saturated heterocycles. The van der Waals surface area contributed by atoms with E-state index in [9.17, 15) is 0 Å². The van der Waals surface area contributed by atoms with Crippen molar-refractivity contribution in [1.29, 1.82) is 0 Å². The average molecular weight is 728 g/mol. The lowest BCUT2D eigenvalue weighted by atomic mass is 9.91. The smallest absolute Gasteiger partial charge is 0.164 e. The molecular formula is C53H33N3O. The van der Waals surface area contributed by atoms with Gasteiger partial charge in [-0.1, -0.05) is 170 Å². The first-order chi connectivity index (χ1) is 28.2. The molecule has 0 aliphatic carbocycles. The highest BCUT2D eigenvalue weighted by Gasteiger charge is 2.20. The molecule has 4 nitrogen and oxygen atoms in total. The first-order valence-corrected chi connectivity index (χ1v) is 19.2. The molecule has 0 atom stereocenters. The van der Waals surface area contributed by atoms with Crippen LogP contribution in [0.1, 0.15) is 0 Å². The highest BCUT2D eigenvalue weighted by molar-refractivity contribution is 6.15. The van der Waals surface area contributed by atoms with Gasteiger partial charge in [-0.05, 0) is 85.3 Å². The Morgan fingerprint density at radius 1 is 0.281 bits per heavy atom. The highest BCUT2D eigenvalue weighted by Crippen LogP contribution is 2.41. The summed E-state index contributed by atoms with van der Waals surface area (Å²) in [7, 11) is 0. The Bertz CT molecular complexity index is 3300. The number of furan rings is 1. The van der Waals surface area contributed by atoms with Gasteiger partial charge in [-0.25, -0.2) is 15.0 Å². The summed E-state index contributed by atoms with van der Waals surface area (Å²) in [6.45, 7) is 0. The van der Waals surface area contributed by atoms with Crippen LogP contribution in [0.2, 0.25) is 0 Å². The third-order valence-corrected chi connectivity index (χ3v) is 10.9. The molecule has 2 heterocycles. The fourth-order valence-electron chi connectivity index (χ4n) is 8.23. The molecule has 57 heavy (non-hydrogen) atoms. The Morgan fingerprint density at radius 2 is 0.860 bits per heavy atom. The number of fused-ring (bicyclic) bond motifs is 6. The van der Waals surface area contributed by atoms with Gasteiger partial charge in [0.05, 0.1) is 0 Å². The van der Waals surface area contributed by atoms with E-state index in [-0.39, 0.29) is 0 Å². The molecule has 0 amide bonds. The maximum atomic E-state index is 6.52. The minimum Gasteiger partial charge on any atom is -0.456 e. The van der Waals surface area contributed by atoms with Crippen LogP contribution in [0, 0.1) is 0 Å². The Kier molecular flexibility index (Phi) is 7.78. The summed E-state index contributed by atoms with van der Waals surface area (Å²) in [6, 6.07) is 69.9. The summed E-state index contributed by atoms with van der Waals surface area (Å²) >= 11 is 0. The van der Waals surface area contributed by atoms with Gasteiger partial charge in [0.2, 0.25) is 0 Å².